The summed E-state index contributed by atoms with van der Waals surface area (Å²) in [6.45, 7) is 1.66. The highest BCUT2D eigenvalue weighted by molar-refractivity contribution is 7.92. The number of fused-ring (bicyclic) bond motifs is 1. The molecule has 1 fully saturated rings. The third-order valence-electron chi connectivity index (χ3n) is 5.44. The quantitative estimate of drug-likeness (QED) is 0.519. The van der Waals surface area contributed by atoms with Crippen molar-refractivity contribution in [2.24, 2.45) is 5.92 Å². The lowest BCUT2D eigenvalue weighted by atomic mass is 10.1. The first-order valence-electron chi connectivity index (χ1n) is 9.89. The summed E-state index contributed by atoms with van der Waals surface area (Å²) in [5.41, 5.74) is 1.20. The van der Waals surface area contributed by atoms with Crippen LogP contribution in [0.25, 0.3) is 11.0 Å². The predicted molar refractivity (Wildman–Crippen MR) is 115 cm³/mol. The number of benzene rings is 2. The van der Waals surface area contributed by atoms with Gasteiger partial charge in [0, 0.05) is 13.1 Å². The minimum Gasteiger partial charge on any atom is -0.496 e. The van der Waals surface area contributed by atoms with Gasteiger partial charge >= 0.3 is 5.97 Å². The van der Waals surface area contributed by atoms with E-state index in [1.54, 1.807) is 30.3 Å². The van der Waals surface area contributed by atoms with Crippen molar-refractivity contribution in [1.29, 1.82) is 0 Å². The van der Waals surface area contributed by atoms with E-state index in [2.05, 4.69) is 9.88 Å². The lowest BCUT2D eigenvalue weighted by Gasteiger charge is -2.16. The van der Waals surface area contributed by atoms with Gasteiger partial charge in [-0.2, -0.15) is 0 Å². The van der Waals surface area contributed by atoms with E-state index in [0.29, 0.717) is 42.8 Å². The minimum absolute atomic E-state index is 0.00131. The van der Waals surface area contributed by atoms with Crippen molar-refractivity contribution in [1.82, 2.24) is 10.1 Å². The van der Waals surface area contributed by atoms with Crippen molar-refractivity contribution in [2.75, 3.05) is 32.0 Å². The lowest BCUT2D eigenvalue weighted by molar-refractivity contribution is -0.141. The smallest absolute Gasteiger partial charge is 0.307 e. The van der Waals surface area contributed by atoms with Crippen LogP contribution in [-0.2, 0) is 21.4 Å². The van der Waals surface area contributed by atoms with Crippen molar-refractivity contribution in [3.8, 4) is 11.5 Å². The second kappa shape index (κ2) is 8.67. The van der Waals surface area contributed by atoms with E-state index in [0.717, 1.165) is 5.56 Å². The Morgan fingerprint density at radius 3 is 2.69 bits per heavy atom. The molecule has 2 aromatic carbocycles. The summed E-state index contributed by atoms with van der Waals surface area (Å²) in [5, 5.41) is 13.5. The Morgan fingerprint density at radius 1 is 1.25 bits per heavy atom. The topological polar surface area (TPSA) is 131 Å². The van der Waals surface area contributed by atoms with Gasteiger partial charge in [0.15, 0.2) is 11.4 Å². The number of aliphatic carboxylic acids is 1. The molecule has 32 heavy (non-hydrogen) atoms. The van der Waals surface area contributed by atoms with Crippen LogP contribution in [0.2, 0.25) is 0 Å². The number of aromatic nitrogens is 1. The fourth-order valence-corrected chi connectivity index (χ4v) is 5.05. The van der Waals surface area contributed by atoms with Crippen molar-refractivity contribution in [2.45, 2.75) is 17.9 Å². The molecule has 0 saturated carbocycles. The van der Waals surface area contributed by atoms with Gasteiger partial charge in [-0.25, -0.2) is 8.42 Å². The van der Waals surface area contributed by atoms with Crippen LogP contribution >= 0.6 is 0 Å². The lowest BCUT2D eigenvalue weighted by Crippen LogP contribution is -2.22. The summed E-state index contributed by atoms with van der Waals surface area (Å²) < 4.78 is 44.4. The van der Waals surface area contributed by atoms with Crippen LogP contribution in [0.4, 0.5) is 5.82 Å². The Balaban J connectivity index is 1.63. The second-order valence-electron chi connectivity index (χ2n) is 7.52. The first-order valence-corrected chi connectivity index (χ1v) is 11.4. The summed E-state index contributed by atoms with van der Waals surface area (Å²) in [4.78, 5) is 13.2. The van der Waals surface area contributed by atoms with Gasteiger partial charge in [-0.15, -0.1) is 0 Å². The molecule has 0 radical (unpaired) electrons. The van der Waals surface area contributed by atoms with Crippen molar-refractivity contribution < 1.29 is 32.3 Å². The third kappa shape index (κ3) is 4.21. The van der Waals surface area contributed by atoms with E-state index in [1.165, 1.54) is 20.3 Å². The molecule has 1 saturated heterocycles. The highest BCUT2D eigenvalue weighted by Crippen LogP contribution is 2.36. The van der Waals surface area contributed by atoms with Crippen molar-refractivity contribution in [3.63, 3.8) is 0 Å². The number of hydrogen-bond acceptors (Lipinski definition) is 8. The number of methoxy groups -OCH3 is 2. The number of hydrogen-bond donors (Lipinski definition) is 2. The molecule has 0 spiro atoms. The highest BCUT2D eigenvalue weighted by Gasteiger charge is 2.29. The zero-order chi connectivity index (χ0) is 22.9. The van der Waals surface area contributed by atoms with Crippen LogP contribution in [0.15, 0.2) is 45.8 Å². The number of carbonyl (C=O) groups is 1. The van der Waals surface area contributed by atoms with Crippen molar-refractivity contribution in [3.05, 3.63) is 42.0 Å². The minimum atomic E-state index is -4.00. The van der Waals surface area contributed by atoms with E-state index in [1.807, 2.05) is 4.90 Å². The molecule has 4 rings (SSSR count). The largest absolute Gasteiger partial charge is 0.496 e. The third-order valence-corrected chi connectivity index (χ3v) is 6.81. The summed E-state index contributed by atoms with van der Waals surface area (Å²) >= 11 is 0. The van der Waals surface area contributed by atoms with E-state index in [9.17, 15) is 18.3 Å². The first-order chi connectivity index (χ1) is 15.3. The number of ether oxygens (including phenoxy) is 2. The molecule has 10 nitrogen and oxygen atoms in total. The molecule has 170 valence electrons. The summed E-state index contributed by atoms with van der Waals surface area (Å²) in [6.07, 6.45) is 0.603. The zero-order valence-corrected chi connectivity index (χ0v) is 18.4. The van der Waals surface area contributed by atoms with Crippen LogP contribution in [0.1, 0.15) is 12.0 Å². The molecular formula is C21H23N3O7S. The summed E-state index contributed by atoms with van der Waals surface area (Å²) in [6, 6.07) is 9.77. The molecule has 2 N–H and O–H groups in total. The molecule has 0 amide bonds. The van der Waals surface area contributed by atoms with E-state index in [4.69, 9.17) is 14.0 Å². The Morgan fingerprint density at radius 2 is 2.00 bits per heavy atom. The zero-order valence-electron chi connectivity index (χ0n) is 17.6. The molecule has 3 aromatic rings. The Labute approximate surface area is 184 Å². The van der Waals surface area contributed by atoms with Gasteiger partial charge < -0.3 is 19.1 Å². The Kier molecular flexibility index (Phi) is 5.94. The van der Waals surface area contributed by atoms with Crippen LogP contribution < -0.4 is 14.2 Å². The van der Waals surface area contributed by atoms with E-state index < -0.39 is 16.0 Å². The van der Waals surface area contributed by atoms with Gasteiger partial charge in [-0.1, -0.05) is 17.3 Å². The van der Waals surface area contributed by atoms with Gasteiger partial charge in [-0.05, 0) is 42.8 Å². The number of carboxylic acid groups (broad SMARTS) is 1. The van der Waals surface area contributed by atoms with E-state index >= 15 is 0 Å². The molecule has 0 bridgehead atoms. The van der Waals surface area contributed by atoms with Gasteiger partial charge in [0.05, 0.1) is 20.1 Å². The number of likely N-dealkylation sites (tertiary alicyclic amines) is 1. The van der Waals surface area contributed by atoms with Crippen LogP contribution in [-0.4, -0.2) is 56.9 Å². The predicted octanol–water partition coefficient (Wildman–Crippen LogP) is 2.55. The Hall–Kier alpha value is -3.31. The molecule has 2 heterocycles. The summed E-state index contributed by atoms with van der Waals surface area (Å²) in [7, 11) is -1.14. The fourth-order valence-electron chi connectivity index (χ4n) is 3.87. The highest BCUT2D eigenvalue weighted by atomic mass is 32.2. The van der Waals surface area contributed by atoms with Gasteiger partial charge in [-0.3, -0.25) is 14.4 Å². The maximum Gasteiger partial charge on any atom is 0.307 e. The molecule has 1 aromatic heterocycles. The van der Waals surface area contributed by atoms with Crippen LogP contribution in [0.5, 0.6) is 11.5 Å². The number of anilines is 1. The number of carboxylic acids is 1. The van der Waals surface area contributed by atoms with Gasteiger partial charge in [0.2, 0.25) is 0 Å². The number of para-hydroxylation sites is 1. The van der Waals surface area contributed by atoms with Crippen LogP contribution in [0.3, 0.4) is 0 Å². The molecule has 0 aliphatic carbocycles. The number of sulfonamides is 1. The molecule has 11 heteroatoms. The average Bonchev–Trinajstić information content (AvgIpc) is 3.40. The Bertz CT molecular complexity index is 1260. The SMILES string of the molecule is COc1ccccc1S(=O)(=O)Nc1noc2cc(CN3CCC(C(=O)O)C3)cc(OC)c12. The number of nitrogens with one attached hydrogen (secondary N) is 1. The van der Waals surface area contributed by atoms with Gasteiger partial charge in [0.1, 0.15) is 21.8 Å². The number of rotatable bonds is 8. The van der Waals surface area contributed by atoms with E-state index in [-0.39, 0.29) is 22.4 Å². The monoisotopic (exact) mass is 461 g/mol. The molecule has 1 aliphatic rings. The number of nitrogens with zero attached hydrogens (tertiary/aromatic N) is 2. The normalized spacial score (nSPS) is 16.9. The standard InChI is InChI=1S/C21H23N3O7S/c1-29-15-5-3-4-6-18(15)32(27,28)23-20-19-16(30-2)9-13(10-17(19)31-22-20)11-24-8-7-14(12-24)21(25)26/h3-6,9-10,14H,7-8,11-12H2,1-2H3,(H,22,23)(H,25,26). The average molecular weight is 461 g/mol. The summed E-state index contributed by atoms with van der Waals surface area (Å²) in [5.74, 6) is -0.566. The fraction of sp³-hybridized carbons (Fsp3) is 0.333. The second-order valence-corrected chi connectivity index (χ2v) is 9.17. The first kappa shape index (κ1) is 21.9. The molecule has 1 atom stereocenters. The van der Waals surface area contributed by atoms with Crippen molar-refractivity contribution >= 4 is 32.8 Å². The molecule has 1 unspecified atom stereocenters. The maximum absolute atomic E-state index is 12.9. The molecule has 1 aliphatic heterocycles. The molecular weight excluding hydrogens is 438 g/mol. The van der Waals surface area contributed by atoms with Gasteiger partial charge in [0.25, 0.3) is 10.0 Å². The van der Waals surface area contributed by atoms with Crippen LogP contribution in [0, 0.1) is 5.92 Å². The maximum atomic E-state index is 12.9.